The van der Waals surface area contributed by atoms with Crippen LogP contribution < -0.4 is 18.9 Å². The molecule has 0 spiro atoms. The number of carbonyl (C=O) groups is 4. The van der Waals surface area contributed by atoms with Gasteiger partial charge in [0.15, 0.2) is 23.0 Å². The normalized spacial score (nSPS) is 11.3. The lowest BCUT2D eigenvalue weighted by atomic mass is 9.91. The zero-order chi connectivity index (χ0) is 47.3. The molecular weight excluding hydrogens is 849 g/mol. The van der Waals surface area contributed by atoms with Crippen LogP contribution in [0.5, 0.6) is 34.5 Å². The number of ether oxygens (including phenoxy) is 8. The second-order valence-electron chi connectivity index (χ2n) is 16.7. The van der Waals surface area contributed by atoms with Gasteiger partial charge in [-0.1, -0.05) is 155 Å². The van der Waals surface area contributed by atoms with Crippen LogP contribution in [0, 0.1) is 20.9 Å². The number of carbonyl (C=O) groups excluding carboxylic acids is 4. The van der Waals surface area contributed by atoms with Crippen LogP contribution in [-0.4, -0.2) is 61.3 Å². The molecule has 14 heteroatoms. The molecule has 4 aromatic rings. The van der Waals surface area contributed by atoms with Gasteiger partial charge >= 0.3 is 24.6 Å². The number of phenols is 2. The smallest absolute Gasteiger partial charge is 0.507 e. The van der Waals surface area contributed by atoms with E-state index in [4.69, 9.17) is 37.9 Å². The van der Waals surface area contributed by atoms with Crippen LogP contribution in [0.1, 0.15) is 156 Å². The van der Waals surface area contributed by atoms with Crippen LogP contribution in [0.25, 0.3) is 21.5 Å². The molecule has 1 aliphatic carbocycles. The number of hydrogen-bond donors (Lipinski definition) is 2. The number of aromatic hydroxyl groups is 2. The topological polar surface area (TPSA) is 183 Å². The summed E-state index contributed by atoms with van der Waals surface area (Å²) in [5, 5.41) is 23.5. The molecule has 2 N–H and O–H groups in total. The predicted octanol–water partition coefficient (Wildman–Crippen LogP) is 14.2. The quantitative estimate of drug-likeness (QED) is 0.0209. The molecule has 0 saturated heterocycles. The Kier molecular flexibility index (Phi) is 20.8. The molecule has 0 radical (unpaired) electrons. The third-order valence-corrected chi connectivity index (χ3v) is 11.5. The van der Waals surface area contributed by atoms with Crippen molar-refractivity contribution in [2.45, 2.75) is 156 Å². The molecule has 0 aromatic heterocycles. The maximum atomic E-state index is 13.6. The number of fused-ring (bicyclic) bond motifs is 4. The Hall–Kier alpha value is -5.92. The van der Waals surface area contributed by atoms with Gasteiger partial charge in [-0.2, -0.15) is 0 Å². The first-order chi connectivity index (χ1) is 32.2. The van der Waals surface area contributed by atoms with Gasteiger partial charge in [-0.25, -0.2) is 19.2 Å². The van der Waals surface area contributed by atoms with Gasteiger partial charge in [0.2, 0.25) is 0 Å². The molecule has 66 heavy (non-hydrogen) atoms. The largest absolute Gasteiger partial charge is 0.513 e. The van der Waals surface area contributed by atoms with Crippen LogP contribution in [0.2, 0.25) is 0 Å². The van der Waals surface area contributed by atoms with Crippen molar-refractivity contribution >= 4 is 46.2 Å². The zero-order valence-electron chi connectivity index (χ0n) is 39.2. The molecule has 1 aliphatic rings. The number of phenolic OH excluding ortho intramolecular Hbond substituents is 2. The molecule has 0 bridgehead atoms. The number of hydrogen-bond acceptors (Lipinski definition) is 14. The molecule has 5 rings (SSSR count). The summed E-state index contributed by atoms with van der Waals surface area (Å²) in [4.78, 5) is 54.4. The summed E-state index contributed by atoms with van der Waals surface area (Å²) in [5.41, 5.74) is 0. The monoisotopic (exact) mass is 916 g/mol. The maximum absolute atomic E-state index is 13.6. The van der Waals surface area contributed by atoms with Crippen molar-refractivity contribution in [3.63, 3.8) is 0 Å². The molecular formula is C52H68O14. The third-order valence-electron chi connectivity index (χ3n) is 11.5. The maximum Gasteiger partial charge on any atom is 0.513 e. The minimum atomic E-state index is -1.09. The average molecular weight is 917 g/mol. The van der Waals surface area contributed by atoms with E-state index in [2.05, 4.69) is 27.7 Å². The lowest BCUT2D eigenvalue weighted by molar-refractivity contribution is 0.0941. The highest BCUT2D eigenvalue weighted by atomic mass is 16.7. The van der Waals surface area contributed by atoms with Crippen molar-refractivity contribution < 1.29 is 67.3 Å². The molecule has 0 amide bonds. The van der Waals surface area contributed by atoms with Gasteiger partial charge in [-0.05, 0) is 37.8 Å². The first kappa shape index (κ1) is 51.1. The van der Waals surface area contributed by atoms with Crippen LogP contribution in [0.3, 0.4) is 0 Å². The van der Waals surface area contributed by atoms with Gasteiger partial charge < -0.3 is 48.1 Å². The summed E-state index contributed by atoms with van der Waals surface area (Å²) >= 11 is 0. The van der Waals surface area contributed by atoms with Gasteiger partial charge in [0, 0.05) is 31.6 Å². The molecule has 0 unspecified atom stereocenters. The molecule has 0 fully saturated rings. The van der Waals surface area contributed by atoms with Gasteiger partial charge in [0.05, 0.1) is 37.2 Å². The summed E-state index contributed by atoms with van der Waals surface area (Å²) in [6.45, 7) is 8.71. The second-order valence-corrected chi connectivity index (χ2v) is 16.7. The minimum Gasteiger partial charge on any atom is -0.507 e. The summed E-state index contributed by atoms with van der Waals surface area (Å²) in [7, 11) is 0. The number of unbranched alkanes of at least 4 members (excludes halogenated alkanes) is 16. The van der Waals surface area contributed by atoms with Crippen molar-refractivity contribution in [2.24, 2.45) is 0 Å². The van der Waals surface area contributed by atoms with Gasteiger partial charge in [0.25, 0.3) is 0 Å². The molecule has 14 nitrogen and oxygen atoms in total. The fraction of sp³-hybridized carbons (Fsp3) is 0.538. The predicted molar refractivity (Wildman–Crippen MR) is 250 cm³/mol. The van der Waals surface area contributed by atoms with E-state index in [0.717, 1.165) is 103 Å². The first-order valence-electron chi connectivity index (χ1n) is 24.2. The second kappa shape index (κ2) is 26.9. The number of rotatable bonds is 28. The lowest BCUT2D eigenvalue weighted by Crippen LogP contribution is -2.18. The Balaban J connectivity index is 1.74. The van der Waals surface area contributed by atoms with E-state index in [1.165, 1.54) is 24.3 Å². The fourth-order valence-corrected chi connectivity index (χ4v) is 8.11. The van der Waals surface area contributed by atoms with Crippen molar-refractivity contribution in [3.05, 3.63) is 57.3 Å². The first-order valence-corrected chi connectivity index (χ1v) is 24.2. The van der Waals surface area contributed by atoms with Crippen LogP contribution in [-0.2, 0) is 18.9 Å². The van der Waals surface area contributed by atoms with E-state index in [1.807, 2.05) is 0 Å². The Morgan fingerprint density at radius 2 is 0.621 bits per heavy atom. The van der Waals surface area contributed by atoms with Crippen molar-refractivity contribution in [1.82, 2.24) is 0 Å². The molecule has 360 valence electrons. The van der Waals surface area contributed by atoms with Crippen LogP contribution in [0.15, 0.2) is 36.4 Å². The van der Waals surface area contributed by atoms with Gasteiger partial charge in [-0.15, -0.1) is 0 Å². The summed E-state index contributed by atoms with van der Waals surface area (Å²) in [5.74, 6) is -1.44. The van der Waals surface area contributed by atoms with Crippen molar-refractivity contribution in [2.75, 3.05) is 26.4 Å². The Labute approximate surface area is 386 Å². The van der Waals surface area contributed by atoms with Crippen molar-refractivity contribution in [3.8, 4) is 34.5 Å². The summed E-state index contributed by atoms with van der Waals surface area (Å²) in [6.07, 6.45) is 13.8. The Morgan fingerprint density at radius 3 is 0.909 bits per heavy atom. The number of benzene rings is 4. The van der Waals surface area contributed by atoms with Gasteiger partial charge in [0.1, 0.15) is 11.5 Å². The molecule has 0 heterocycles. The van der Waals surface area contributed by atoms with E-state index in [1.54, 1.807) is 12.1 Å². The highest BCUT2D eigenvalue weighted by Gasteiger charge is 2.32. The van der Waals surface area contributed by atoms with Crippen LogP contribution >= 0.6 is 0 Å². The van der Waals surface area contributed by atoms with Crippen LogP contribution in [0.4, 0.5) is 19.2 Å². The minimum absolute atomic E-state index is 0.0166. The zero-order valence-corrected chi connectivity index (χ0v) is 39.2. The van der Waals surface area contributed by atoms with E-state index in [0.29, 0.717) is 25.7 Å². The highest BCUT2D eigenvalue weighted by molar-refractivity contribution is 6.03. The van der Waals surface area contributed by atoms with E-state index < -0.39 is 24.6 Å². The standard InChI is InChI=1S/C52H68O14/c1-5-9-13-17-21-31-59-49(55)63-45-35-27-25-29-37(53)39(35)47(65-51(57)61-33-23-19-15-11-7-3)43-41(45)42-44(43)48(66-52(58)62-34-24-20-16-12-8-4)40-36(28-26-30-38(40)54)46(42)64-50(56)60-32-22-18-14-10-6-2/h25-30,53-54H,5-24,31-34H2,1-4H3. The van der Waals surface area contributed by atoms with E-state index in [-0.39, 0.29) is 103 Å². The molecule has 0 saturated carbocycles. The van der Waals surface area contributed by atoms with Crippen molar-refractivity contribution in [1.29, 1.82) is 0 Å². The highest BCUT2D eigenvalue weighted by Crippen LogP contribution is 2.50. The van der Waals surface area contributed by atoms with Gasteiger partial charge in [-0.3, -0.25) is 0 Å². The van der Waals surface area contributed by atoms with E-state index in [9.17, 15) is 29.4 Å². The third kappa shape index (κ3) is 13.6. The SMILES string of the molecule is CCCCCCCOC(=O)Oc1c2c(c(OC(=O)OCCCCCCC)c3c(O)cccc13)=c1c(OC(=O)OCCCCCCC)c3c(O)cccc3c(OC(=O)OCCCCCCC)c1=2. The summed E-state index contributed by atoms with van der Waals surface area (Å²) < 4.78 is 46.2. The molecule has 4 aromatic carbocycles. The average Bonchev–Trinajstić information content (AvgIpc) is 3.28. The molecule has 0 aliphatic heterocycles. The summed E-state index contributed by atoms with van der Waals surface area (Å²) in [6, 6.07) is 8.90. The Bertz CT molecular complexity index is 2290. The molecule has 0 atom stereocenters. The Morgan fingerprint density at radius 1 is 0.364 bits per heavy atom. The lowest BCUT2D eigenvalue weighted by Gasteiger charge is -2.22. The fourth-order valence-electron chi connectivity index (χ4n) is 8.11. The van der Waals surface area contributed by atoms with E-state index >= 15 is 0 Å².